The highest BCUT2D eigenvalue weighted by atomic mass is 16.5. The number of anilines is 3. The van der Waals surface area contributed by atoms with Gasteiger partial charge in [0, 0.05) is 5.69 Å². The molecule has 19 heavy (non-hydrogen) atoms. The Kier molecular flexibility index (Phi) is 4.61. The van der Waals surface area contributed by atoms with Crippen molar-refractivity contribution in [2.75, 3.05) is 17.7 Å². The number of hydrogen-bond acceptors (Lipinski definition) is 4. The number of rotatable bonds is 6. The van der Waals surface area contributed by atoms with Gasteiger partial charge < -0.3 is 15.8 Å². The molecule has 0 bridgehead atoms. The maximum absolute atomic E-state index is 5.61. The number of nitrogen functional groups attached to an aromatic ring is 1. The normalized spacial score (nSPS) is 10.2. The molecule has 1 aromatic carbocycles. The van der Waals surface area contributed by atoms with Gasteiger partial charge in [0.2, 0.25) is 0 Å². The zero-order valence-corrected chi connectivity index (χ0v) is 11.1. The van der Waals surface area contributed by atoms with Crippen LogP contribution >= 0.6 is 0 Å². The molecule has 2 rings (SSSR count). The lowest BCUT2D eigenvalue weighted by atomic mass is 10.3. The third kappa shape index (κ3) is 4.17. The number of nitrogens with zero attached hydrogens (tertiary/aromatic N) is 1. The van der Waals surface area contributed by atoms with Crippen LogP contribution in [-0.4, -0.2) is 11.6 Å². The molecule has 0 aliphatic heterocycles. The fourth-order valence-corrected chi connectivity index (χ4v) is 1.60. The maximum Gasteiger partial charge on any atom is 0.130 e. The van der Waals surface area contributed by atoms with Gasteiger partial charge >= 0.3 is 0 Å². The lowest BCUT2D eigenvalue weighted by Crippen LogP contribution is -1.97. The van der Waals surface area contributed by atoms with Crippen LogP contribution in [0.2, 0.25) is 0 Å². The fraction of sp³-hybridized carbons (Fsp3) is 0.267. The van der Waals surface area contributed by atoms with E-state index in [9.17, 15) is 0 Å². The first-order valence-corrected chi connectivity index (χ1v) is 6.49. The van der Waals surface area contributed by atoms with Crippen LogP contribution in [0.4, 0.5) is 17.2 Å². The van der Waals surface area contributed by atoms with Crippen molar-refractivity contribution in [2.24, 2.45) is 0 Å². The number of unbranched alkanes of at least 4 members (excludes halogenated alkanes) is 1. The minimum absolute atomic E-state index is 0.658. The molecule has 0 radical (unpaired) electrons. The monoisotopic (exact) mass is 257 g/mol. The Morgan fingerprint density at radius 2 is 1.95 bits per heavy atom. The third-order valence-electron chi connectivity index (χ3n) is 2.68. The number of nitrogens with two attached hydrogens (primary N) is 1. The third-order valence-corrected chi connectivity index (χ3v) is 2.68. The summed E-state index contributed by atoms with van der Waals surface area (Å²) in [6, 6.07) is 11.5. The molecule has 0 saturated carbocycles. The van der Waals surface area contributed by atoms with Gasteiger partial charge in [-0.05, 0) is 42.8 Å². The standard InChI is InChI=1S/C15H19N3O/c1-2-3-10-19-14-7-5-13(6-8-14)18-15-9-4-12(16)11-17-15/h4-9,11H,2-3,10,16H2,1H3,(H,17,18). The van der Waals surface area contributed by atoms with Gasteiger partial charge in [-0.15, -0.1) is 0 Å². The van der Waals surface area contributed by atoms with Crippen molar-refractivity contribution in [2.45, 2.75) is 19.8 Å². The first-order chi connectivity index (χ1) is 9.28. The van der Waals surface area contributed by atoms with E-state index in [1.165, 1.54) is 0 Å². The summed E-state index contributed by atoms with van der Waals surface area (Å²) < 4.78 is 5.61. The summed E-state index contributed by atoms with van der Waals surface area (Å²) in [6.45, 7) is 2.92. The zero-order valence-electron chi connectivity index (χ0n) is 11.1. The Morgan fingerprint density at radius 1 is 1.16 bits per heavy atom. The number of aromatic nitrogens is 1. The van der Waals surface area contributed by atoms with Gasteiger partial charge in [0.05, 0.1) is 18.5 Å². The molecule has 4 heteroatoms. The van der Waals surface area contributed by atoms with E-state index >= 15 is 0 Å². The average Bonchev–Trinajstić information content (AvgIpc) is 2.44. The molecule has 0 saturated heterocycles. The van der Waals surface area contributed by atoms with E-state index in [0.717, 1.165) is 36.7 Å². The predicted octanol–water partition coefficient (Wildman–Crippen LogP) is 3.59. The molecule has 1 aromatic heterocycles. The Balaban J connectivity index is 1.92. The van der Waals surface area contributed by atoms with Gasteiger partial charge in [0.25, 0.3) is 0 Å². The van der Waals surface area contributed by atoms with Crippen molar-refractivity contribution in [1.82, 2.24) is 4.98 Å². The van der Waals surface area contributed by atoms with Crippen LogP contribution in [0.3, 0.4) is 0 Å². The van der Waals surface area contributed by atoms with Crippen molar-refractivity contribution >= 4 is 17.2 Å². The van der Waals surface area contributed by atoms with Gasteiger partial charge in [0.15, 0.2) is 0 Å². The van der Waals surface area contributed by atoms with E-state index < -0.39 is 0 Å². The minimum atomic E-state index is 0.658. The fourth-order valence-electron chi connectivity index (χ4n) is 1.60. The lowest BCUT2D eigenvalue weighted by Gasteiger charge is -2.08. The molecule has 100 valence electrons. The second-order valence-corrected chi connectivity index (χ2v) is 4.33. The molecule has 0 unspecified atom stereocenters. The summed E-state index contributed by atoms with van der Waals surface area (Å²) in [5.41, 5.74) is 7.22. The van der Waals surface area contributed by atoms with Crippen LogP contribution < -0.4 is 15.8 Å². The topological polar surface area (TPSA) is 60.2 Å². The van der Waals surface area contributed by atoms with E-state index in [1.54, 1.807) is 6.20 Å². The van der Waals surface area contributed by atoms with Crippen LogP contribution in [0.15, 0.2) is 42.6 Å². The van der Waals surface area contributed by atoms with Gasteiger partial charge in [-0.2, -0.15) is 0 Å². The van der Waals surface area contributed by atoms with E-state index in [4.69, 9.17) is 10.5 Å². The van der Waals surface area contributed by atoms with Crippen molar-refractivity contribution in [1.29, 1.82) is 0 Å². The molecular weight excluding hydrogens is 238 g/mol. The van der Waals surface area contributed by atoms with Crippen LogP contribution in [0.5, 0.6) is 5.75 Å². The Bertz CT molecular complexity index is 494. The molecule has 4 nitrogen and oxygen atoms in total. The van der Waals surface area contributed by atoms with Gasteiger partial charge in [-0.25, -0.2) is 4.98 Å². The average molecular weight is 257 g/mol. The molecule has 0 fully saturated rings. The van der Waals surface area contributed by atoms with E-state index in [1.807, 2.05) is 36.4 Å². The number of hydrogen-bond donors (Lipinski definition) is 2. The predicted molar refractivity (Wildman–Crippen MR) is 78.8 cm³/mol. The first kappa shape index (κ1) is 13.2. The van der Waals surface area contributed by atoms with E-state index in [0.29, 0.717) is 5.69 Å². The number of ether oxygens (including phenoxy) is 1. The summed E-state index contributed by atoms with van der Waals surface area (Å²) in [7, 11) is 0. The summed E-state index contributed by atoms with van der Waals surface area (Å²) in [5.74, 6) is 1.66. The van der Waals surface area contributed by atoms with Gasteiger partial charge in [0.1, 0.15) is 11.6 Å². The maximum atomic E-state index is 5.61. The second-order valence-electron chi connectivity index (χ2n) is 4.33. The van der Waals surface area contributed by atoms with Crippen LogP contribution in [0, 0.1) is 0 Å². The Labute approximate surface area is 113 Å². The Hall–Kier alpha value is -2.23. The van der Waals surface area contributed by atoms with E-state index in [2.05, 4.69) is 17.2 Å². The first-order valence-electron chi connectivity index (χ1n) is 6.49. The lowest BCUT2D eigenvalue weighted by molar-refractivity contribution is 0.309. The number of pyridine rings is 1. The summed E-state index contributed by atoms with van der Waals surface area (Å²) >= 11 is 0. The second kappa shape index (κ2) is 6.64. The largest absolute Gasteiger partial charge is 0.494 e. The summed E-state index contributed by atoms with van der Waals surface area (Å²) in [5, 5.41) is 3.20. The van der Waals surface area contributed by atoms with Gasteiger partial charge in [-0.3, -0.25) is 0 Å². The zero-order chi connectivity index (χ0) is 13.5. The van der Waals surface area contributed by atoms with E-state index in [-0.39, 0.29) is 0 Å². The smallest absolute Gasteiger partial charge is 0.130 e. The molecule has 0 atom stereocenters. The van der Waals surface area contributed by atoms with Crippen LogP contribution in [0.25, 0.3) is 0 Å². The van der Waals surface area contributed by atoms with Gasteiger partial charge in [-0.1, -0.05) is 13.3 Å². The molecular formula is C15H19N3O. The highest BCUT2D eigenvalue weighted by Gasteiger charge is 1.97. The highest BCUT2D eigenvalue weighted by Crippen LogP contribution is 2.19. The number of nitrogens with one attached hydrogen (secondary N) is 1. The van der Waals surface area contributed by atoms with Crippen molar-refractivity contribution in [3.8, 4) is 5.75 Å². The summed E-state index contributed by atoms with van der Waals surface area (Å²) in [6.07, 6.45) is 3.85. The molecule has 0 aliphatic carbocycles. The Morgan fingerprint density at radius 3 is 2.58 bits per heavy atom. The minimum Gasteiger partial charge on any atom is -0.494 e. The summed E-state index contributed by atoms with van der Waals surface area (Å²) in [4.78, 5) is 4.19. The highest BCUT2D eigenvalue weighted by molar-refractivity contribution is 5.58. The van der Waals surface area contributed by atoms with Crippen molar-refractivity contribution in [3.05, 3.63) is 42.6 Å². The molecule has 3 N–H and O–H groups in total. The SMILES string of the molecule is CCCCOc1ccc(Nc2ccc(N)cn2)cc1. The van der Waals surface area contributed by atoms with Crippen molar-refractivity contribution in [3.63, 3.8) is 0 Å². The van der Waals surface area contributed by atoms with Crippen molar-refractivity contribution < 1.29 is 4.74 Å². The molecule has 0 aliphatic rings. The quantitative estimate of drug-likeness (QED) is 0.776. The molecule has 0 spiro atoms. The van der Waals surface area contributed by atoms with Crippen LogP contribution in [0.1, 0.15) is 19.8 Å². The number of benzene rings is 1. The molecule has 2 aromatic rings. The molecule has 1 heterocycles. The van der Waals surface area contributed by atoms with Crippen LogP contribution in [-0.2, 0) is 0 Å². The molecule has 0 amide bonds.